The van der Waals surface area contributed by atoms with Gasteiger partial charge in [0.15, 0.2) is 5.11 Å². The maximum atomic E-state index is 10.8. The molecule has 0 aliphatic heterocycles. The van der Waals surface area contributed by atoms with Crippen LogP contribution in [0, 0.1) is 10.1 Å². The molecule has 0 atom stereocenters. The van der Waals surface area contributed by atoms with Crippen LogP contribution >= 0.6 is 12.2 Å². The molecule has 19 heavy (non-hydrogen) atoms. The number of hydrogen-bond acceptors (Lipinski definition) is 6. The molecule has 0 spiro atoms. The first-order valence-corrected chi connectivity index (χ1v) is 5.50. The number of nitrogens with zero attached hydrogens (tertiary/aromatic N) is 2. The quantitative estimate of drug-likeness (QED) is 0.202. The van der Waals surface area contributed by atoms with E-state index in [1.165, 1.54) is 0 Å². The van der Waals surface area contributed by atoms with Gasteiger partial charge in [0.25, 0.3) is 0 Å². The number of nitro groups is 1. The van der Waals surface area contributed by atoms with Crippen LogP contribution in [0.15, 0.2) is 47.2 Å². The lowest BCUT2D eigenvalue weighted by Gasteiger charge is -2.04. The van der Waals surface area contributed by atoms with Gasteiger partial charge in [0.2, 0.25) is 0 Å². The smallest absolute Gasteiger partial charge is 0.300 e. The van der Waals surface area contributed by atoms with Crippen molar-refractivity contribution < 1.29 is 4.92 Å². The van der Waals surface area contributed by atoms with Crippen LogP contribution in [-0.4, -0.2) is 16.3 Å². The number of rotatable bonds is 5. The van der Waals surface area contributed by atoms with Crippen LogP contribution in [0.1, 0.15) is 0 Å². The van der Waals surface area contributed by atoms with Crippen molar-refractivity contribution in [2.45, 2.75) is 0 Å². The minimum absolute atomic E-state index is 0.0962. The van der Waals surface area contributed by atoms with Crippen LogP contribution in [-0.2, 0) is 0 Å². The first kappa shape index (κ1) is 14.5. The number of hydrazine groups is 2. The summed E-state index contributed by atoms with van der Waals surface area (Å²) in [6.07, 6.45) is 2.24. The SMILES string of the molecule is NNC(=S)NNC=C(C=Nc1ccccc1)[N+](=O)[O-]. The molecule has 1 aromatic carbocycles. The number of benzene rings is 1. The molecule has 0 saturated heterocycles. The third-order valence-corrected chi connectivity index (χ3v) is 2.07. The van der Waals surface area contributed by atoms with Gasteiger partial charge in [-0.1, -0.05) is 18.2 Å². The van der Waals surface area contributed by atoms with Crippen molar-refractivity contribution in [3.63, 3.8) is 0 Å². The van der Waals surface area contributed by atoms with E-state index < -0.39 is 4.92 Å². The number of thiocarbonyl (C=S) groups is 1. The lowest BCUT2D eigenvalue weighted by Crippen LogP contribution is -2.44. The molecule has 0 radical (unpaired) electrons. The molecule has 0 amide bonds. The largest absolute Gasteiger partial charge is 0.304 e. The second kappa shape index (κ2) is 7.74. The van der Waals surface area contributed by atoms with E-state index in [2.05, 4.69) is 33.5 Å². The van der Waals surface area contributed by atoms with Gasteiger partial charge in [-0.25, -0.2) is 10.8 Å². The highest BCUT2D eigenvalue weighted by Gasteiger charge is 2.06. The van der Waals surface area contributed by atoms with Gasteiger partial charge in [0, 0.05) is 0 Å². The highest BCUT2D eigenvalue weighted by Crippen LogP contribution is 2.09. The Morgan fingerprint density at radius 1 is 1.42 bits per heavy atom. The van der Waals surface area contributed by atoms with Crippen molar-refractivity contribution >= 4 is 29.2 Å². The number of hydrogen-bond donors (Lipinski definition) is 4. The third kappa shape index (κ3) is 5.57. The maximum absolute atomic E-state index is 10.8. The van der Waals surface area contributed by atoms with Crippen molar-refractivity contribution in [1.82, 2.24) is 16.3 Å². The Balaban J connectivity index is 2.68. The number of aliphatic imine (C=N–C) groups is 1. The monoisotopic (exact) mass is 280 g/mol. The zero-order chi connectivity index (χ0) is 14.1. The summed E-state index contributed by atoms with van der Waals surface area (Å²) in [5.41, 5.74) is 7.37. The summed E-state index contributed by atoms with van der Waals surface area (Å²) in [6, 6.07) is 8.86. The Morgan fingerprint density at radius 3 is 2.68 bits per heavy atom. The van der Waals surface area contributed by atoms with Crippen LogP contribution in [0.4, 0.5) is 5.69 Å². The van der Waals surface area contributed by atoms with E-state index in [1.807, 2.05) is 6.07 Å². The Morgan fingerprint density at radius 2 is 2.11 bits per heavy atom. The minimum atomic E-state index is -0.583. The molecule has 5 N–H and O–H groups in total. The molecule has 0 aromatic heterocycles. The number of allylic oxidation sites excluding steroid dienone is 1. The van der Waals surface area contributed by atoms with Crippen LogP contribution in [0.2, 0.25) is 0 Å². The van der Waals surface area contributed by atoms with Gasteiger partial charge in [0.05, 0.1) is 16.8 Å². The molecule has 1 aromatic rings. The highest BCUT2D eigenvalue weighted by atomic mass is 32.1. The first-order chi connectivity index (χ1) is 9.13. The van der Waals surface area contributed by atoms with Gasteiger partial charge in [-0.2, -0.15) is 0 Å². The van der Waals surface area contributed by atoms with E-state index in [9.17, 15) is 10.1 Å². The standard InChI is InChI=1S/C10H12N6O2S/c11-14-10(19)15-13-7-9(16(17)18)6-12-8-4-2-1-3-5-8/h1-7,13H,11H2,(H2,14,15,19). The average Bonchev–Trinajstić information content (AvgIpc) is 2.43. The van der Waals surface area contributed by atoms with Crippen LogP contribution in [0.25, 0.3) is 0 Å². The van der Waals surface area contributed by atoms with E-state index in [1.54, 1.807) is 24.3 Å². The van der Waals surface area contributed by atoms with Gasteiger partial charge in [-0.3, -0.25) is 26.4 Å². The molecule has 100 valence electrons. The van der Waals surface area contributed by atoms with E-state index >= 15 is 0 Å². The molecular weight excluding hydrogens is 268 g/mol. The summed E-state index contributed by atoms with van der Waals surface area (Å²) < 4.78 is 0. The van der Waals surface area contributed by atoms with Crippen molar-refractivity contribution in [3.05, 3.63) is 52.3 Å². The topological polar surface area (TPSA) is 118 Å². The maximum Gasteiger partial charge on any atom is 0.304 e. The van der Waals surface area contributed by atoms with Gasteiger partial charge in [0.1, 0.15) is 6.21 Å². The fraction of sp³-hybridized carbons (Fsp3) is 0. The van der Waals surface area contributed by atoms with Gasteiger partial charge in [-0.15, -0.1) is 0 Å². The summed E-state index contributed by atoms with van der Waals surface area (Å²) in [4.78, 5) is 14.2. The van der Waals surface area contributed by atoms with Gasteiger partial charge in [-0.05, 0) is 24.4 Å². The van der Waals surface area contributed by atoms with Gasteiger partial charge >= 0.3 is 5.70 Å². The van der Waals surface area contributed by atoms with Crippen molar-refractivity contribution in [2.75, 3.05) is 0 Å². The minimum Gasteiger partial charge on any atom is -0.300 e. The lowest BCUT2D eigenvalue weighted by atomic mass is 10.3. The first-order valence-electron chi connectivity index (χ1n) is 5.09. The molecule has 0 heterocycles. The molecule has 0 unspecified atom stereocenters. The van der Waals surface area contributed by atoms with E-state index in [4.69, 9.17) is 5.84 Å². The molecule has 0 aliphatic carbocycles. The lowest BCUT2D eigenvalue weighted by molar-refractivity contribution is -0.414. The van der Waals surface area contributed by atoms with Crippen LogP contribution < -0.4 is 22.1 Å². The molecule has 8 nitrogen and oxygen atoms in total. The number of nitrogens with two attached hydrogens (primary N) is 1. The predicted molar refractivity (Wildman–Crippen MR) is 75.9 cm³/mol. The number of nitrogens with one attached hydrogen (secondary N) is 3. The van der Waals surface area contributed by atoms with Crippen molar-refractivity contribution in [1.29, 1.82) is 0 Å². The fourth-order valence-corrected chi connectivity index (χ4v) is 1.06. The second-order valence-electron chi connectivity index (χ2n) is 3.16. The Kier molecular flexibility index (Phi) is 5.92. The zero-order valence-corrected chi connectivity index (χ0v) is 10.6. The molecule has 0 aliphatic rings. The molecule has 0 saturated carbocycles. The summed E-state index contributed by atoms with van der Waals surface area (Å²) in [6.45, 7) is 0. The normalized spacial score (nSPS) is 11.1. The Hall–Kier alpha value is -2.52. The average molecular weight is 280 g/mol. The van der Waals surface area contributed by atoms with Gasteiger partial charge < -0.3 is 0 Å². The zero-order valence-electron chi connectivity index (χ0n) is 9.74. The van der Waals surface area contributed by atoms with E-state index in [0.717, 1.165) is 12.4 Å². The van der Waals surface area contributed by atoms with E-state index in [-0.39, 0.29) is 10.8 Å². The Labute approximate surface area is 114 Å². The fourth-order valence-electron chi connectivity index (χ4n) is 1.00. The summed E-state index contributed by atoms with van der Waals surface area (Å²) >= 11 is 4.67. The van der Waals surface area contributed by atoms with Crippen LogP contribution in [0.3, 0.4) is 0 Å². The summed E-state index contributed by atoms with van der Waals surface area (Å²) in [7, 11) is 0. The molecule has 9 heteroatoms. The van der Waals surface area contributed by atoms with Crippen molar-refractivity contribution in [2.24, 2.45) is 10.8 Å². The van der Waals surface area contributed by atoms with E-state index in [0.29, 0.717) is 5.69 Å². The molecule has 0 bridgehead atoms. The second-order valence-corrected chi connectivity index (χ2v) is 3.57. The summed E-state index contributed by atoms with van der Waals surface area (Å²) in [5.74, 6) is 5.01. The summed E-state index contributed by atoms with van der Waals surface area (Å²) in [5, 5.41) is 10.9. The predicted octanol–water partition coefficient (Wildman–Crippen LogP) is 0.349. The third-order valence-electron chi connectivity index (χ3n) is 1.85. The number of para-hydroxylation sites is 1. The van der Waals surface area contributed by atoms with Crippen LogP contribution in [0.5, 0.6) is 0 Å². The highest BCUT2D eigenvalue weighted by molar-refractivity contribution is 7.80. The Bertz CT molecular complexity index is 502. The molecule has 1 rings (SSSR count). The molecular formula is C10H12N6O2S. The molecule has 0 fully saturated rings. The van der Waals surface area contributed by atoms with Crippen molar-refractivity contribution in [3.8, 4) is 0 Å².